The molecule has 5 rings (SSSR count). The fourth-order valence-electron chi connectivity index (χ4n) is 4.81. The number of nitrogens with two attached hydrogens (primary N) is 1. The number of nitrogens with zero attached hydrogens (tertiary/aromatic N) is 3. The van der Waals surface area contributed by atoms with Crippen LogP contribution in [0.1, 0.15) is 31.8 Å². The van der Waals surface area contributed by atoms with Crippen molar-refractivity contribution >= 4 is 40.4 Å². The van der Waals surface area contributed by atoms with Crippen molar-refractivity contribution in [1.29, 1.82) is 0 Å². The van der Waals surface area contributed by atoms with E-state index in [4.69, 9.17) is 17.3 Å². The van der Waals surface area contributed by atoms with E-state index in [-0.39, 0.29) is 5.78 Å². The fraction of sp³-hybridized carbons (Fsp3) is 0.259. The number of ketones is 1. The Hall–Kier alpha value is -3.35. The van der Waals surface area contributed by atoms with E-state index < -0.39 is 5.91 Å². The van der Waals surface area contributed by atoms with Gasteiger partial charge in [-0.05, 0) is 55.4 Å². The van der Waals surface area contributed by atoms with Gasteiger partial charge in [-0.25, -0.2) is 0 Å². The minimum atomic E-state index is -0.551. The van der Waals surface area contributed by atoms with Crippen molar-refractivity contribution in [3.63, 3.8) is 0 Å². The number of piperazine rings is 1. The van der Waals surface area contributed by atoms with E-state index in [9.17, 15) is 9.59 Å². The summed E-state index contributed by atoms with van der Waals surface area (Å²) in [5.74, 6) is -0.690. The van der Waals surface area contributed by atoms with Gasteiger partial charge in [0.05, 0.1) is 16.4 Å². The SMILES string of the molecule is CN1CCN(c2cc3c(cc2Cl)CCN3c2ccccc2C(=O)c2cccc(C(N)=O)c2)CC1. The van der Waals surface area contributed by atoms with Crippen LogP contribution >= 0.6 is 11.6 Å². The number of halogens is 1. The van der Waals surface area contributed by atoms with Gasteiger partial charge in [0.2, 0.25) is 5.91 Å². The smallest absolute Gasteiger partial charge is 0.248 e. The van der Waals surface area contributed by atoms with E-state index in [2.05, 4.69) is 33.9 Å². The molecule has 0 radical (unpaired) electrons. The zero-order valence-electron chi connectivity index (χ0n) is 19.1. The van der Waals surface area contributed by atoms with Gasteiger partial charge in [-0.2, -0.15) is 0 Å². The van der Waals surface area contributed by atoms with E-state index >= 15 is 0 Å². The summed E-state index contributed by atoms with van der Waals surface area (Å²) >= 11 is 6.71. The normalized spacial score (nSPS) is 15.9. The van der Waals surface area contributed by atoms with Gasteiger partial charge in [-0.3, -0.25) is 9.59 Å². The molecule has 2 aliphatic heterocycles. The number of hydrogen-bond donors (Lipinski definition) is 1. The fourth-order valence-corrected chi connectivity index (χ4v) is 5.11. The maximum Gasteiger partial charge on any atom is 0.248 e. The second-order valence-electron chi connectivity index (χ2n) is 8.92. The third kappa shape index (κ3) is 4.15. The first-order valence-electron chi connectivity index (χ1n) is 11.5. The summed E-state index contributed by atoms with van der Waals surface area (Å²) in [6.07, 6.45) is 0.859. The highest BCUT2D eigenvalue weighted by Gasteiger charge is 2.28. The largest absolute Gasteiger partial charge is 0.368 e. The molecule has 3 aromatic carbocycles. The van der Waals surface area contributed by atoms with Gasteiger partial charge < -0.3 is 20.4 Å². The topological polar surface area (TPSA) is 69.9 Å². The highest BCUT2D eigenvalue weighted by atomic mass is 35.5. The quantitative estimate of drug-likeness (QED) is 0.563. The lowest BCUT2D eigenvalue weighted by Crippen LogP contribution is -2.44. The van der Waals surface area contributed by atoms with Crippen molar-refractivity contribution in [2.24, 2.45) is 5.73 Å². The van der Waals surface area contributed by atoms with Crippen molar-refractivity contribution in [1.82, 2.24) is 4.90 Å². The first-order valence-corrected chi connectivity index (χ1v) is 11.9. The summed E-state index contributed by atoms with van der Waals surface area (Å²) in [5, 5.41) is 0.776. The maximum atomic E-state index is 13.5. The van der Waals surface area contributed by atoms with Crippen LogP contribution in [0, 0.1) is 0 Å². The highest BCUT2D eigenvalue weighted by molar-refractivity contribution is 6.33. The van der Waals surface area contributed by atoms with Gasteiger partial charge in [0, 0.05) is 55.1 Å². The standard InChI is InChI=1S/C27H27ClN4O2/c1-30-11-13-31(14-12-30)25-17-24-18(16-22(25)28)9-10-32(24)23-8-3-2-7-21(23)26(33)19-5-4-6-20(15-19)27(29)34/h2-8,15-17H,9-14H2,1H3,(H2,29,34). The Balaban J connectivity index is 1.52. The molecule has 0 saturated carbocycles. The number of anilines is 3. The Kier molecular flexibility index (Phi) is 6.02. The van der Waals surface area contributed by atoms with Crippen LogP contribution in [0.3, 0.4) is 0 Å². The van der Waals surface area contributed by atoms with Gasteiger partial charge >= 0.3 is 0 Å². The molecule has 0 aliphatic carbocycles. The summed E-state index contributed by atoms with van der Waals surface area (Å²) in [7, 11) is 2.14. The molecule has 1 fully saturated rings. The number of para-hydroxylation sites is 1. The van der Waals surface area contributed by atoms with E-state index in [1.807, 2.05) is 24.3 Å². The molecule has 174 valence electrons. The van der Waals surface area contributed by atoms with Crippen LogP contribution in [0.25, 0.3) is 0 Å². The molecule has 2 aliphatic rings. The average molecular weight is 475 g/mol. The molecule has 1 saturated heterocycles. The number of carbonyl (C=O) groups is 2. The molecule has 2 N–H and O–H groups in total. The number of rotatable bonds is 5. The Bertz CT molecular complexity index is 1270. The molecule has 0 atom stereocenters. The second kappa shape index (κ2) is 9.12. The number of primary amides is 1. The summed E-state index contributed by atoms with van der Waals surface area (Å²) in [6, 6.07) is 18.4. The highest BCUT2D eigenvalue weighted by Crippen LogP contribution is 2.42. The van der Waals surface area contributed by atoms with Crippen LogP contribution in [-0.4, -0.2) is 56.4 Å². The molecule has 0 bridgehead atoms. The van der Waals surface area contributed by atoms with E-state index in [0.29, 0.717) is 16.7 Å². The van der Waals surface area contributed by atoms with Crippen molar-refractivity contribution in [2.45, 2.75) is 6.42 Å². The lowest BCUT2D eigenvalue weighted by Gasteiger charge is -2.35. The summed E-state index contributed by atoms with van der Waals surface area (Å²) < 4.78 is 0. The third-order valence-electron chi connectivity index (χ3n) is 6.74. The minimum Gasteiger partial charge on any atom is -0.368 e. The average Bonchev–Trinajstić information content (AvgIpc) is 3.26. The number of likely N-dealkylation sites (N-methyl/N-ethyl adjacent to an activating group) is 1. The molecule has 2 heterocycles. The molecule has 0 spiro atoms. The van der Waals surface area contributed by atoms with Crippen LogP contribution in [0.15, 0.2) is 60.7 Å². The van der Waals surface area contributed by atoms with Crippen molar-refractivity contribution in [3.8, 4) is 0 Å². The van der Waals surface area contributed by atoms with E-state index in [1.165, 1.54) is 5.56 Å². The lowest BCUT2D eigenvalue weighted by molar-refractivity contribution is 0.1000. The van der Waals surface area contributed by atoms with Gasteiger partial charge in [-0.15, -0.1) is 0 Å². The molecule has 6 nitrogen and oxygen atoms in total. The molecule has 0 unspecified atom stereocenters. The Morgan fingerprint density at radius 3 is 2.32 bits per heavy atom. The number of hydrogen-bond acceptors (Lipinski definition) is 5. The number of carbonyl (C=O) groups excluding carboxylic acids is 2. The first kappa shape index (κ1) is 22.4. The van der Waals surface area contributed by atoms with E-state index in [1.54, 1.807) is 24.3 Å². The predicted molar refractivity (Wildman–Crippen MR) is 137 cm³/mol. The van der Waals surface area contributed by atoms with Crippen molar-refractivity contribution < 1.29 is 9.59 Å². The minimum absolute atomic E-state index is 0.139. The molecule has 3 aromatic rings. The van der Waals surface area contributed by atoms with Crippen LogP contribution in [0.2, 0.25) is 5.02 Å². The molecule has 0 aromatic heterocycles. The summed E-state index contributed by atoms with van der Waals surface area (Å²) in [4.78, 5) is 32.0. The predicted octanol–water partition coefficient (Wildman–Crippen LogP) is 4.12. The molecule has 1 amide bonds. The molecular formula is C27H27ClN4O2. The number of benzene rings is 3. The number of amides is 1. The maximum absolute atomic E-state index is 13.5. The lowest BCUT2D eigenvalue weighted by atomic mass is 9.99. The van der Waals surface area contributed by atoms with Gasteiger partial charge in [0.1, 0.15) is 0 Å². The zero-order chi connectivity index (χ0) is 23.8. The van der Waals surface area contributed by atoms with Gasteiger partial charge in [-0.1, -0.05) is 35.9 Å². The molecule has 34 heavy (non-hydrogen) atoms. The van der Waals surface area contributed by atoms with Crippen LogP contribution in [-0.2, 0) is 6.42 Å². The van der Waals surface area contributed by atoms with Crippen LogP contribution < -0.4 is 15.5 Å². The third-order valence-corrected chi connectivity index (χ3v) is 7.04. The Morgan fingerprint density at radius 1 is 0.824 bits per heavy atom. The van der Waals surface area contributed by atoms with Crippen LogP contribution in [0.5, 0.6) is 0 Å². The van der Waals surface area contributed by atoms with Crippen molar-refractivity contribution in [2.75, 3.05) is 49.6 Å². The van der Waals surface area contributed by atoms with Gasteiger partial charge in [0.15, 0.2) is 5.78 Å². The van der Waals surface area contributed by atoms with Crippen LogP contribution in [0.4, 0.5) is 17.1 Å². The Morgan fingerprint density at radius 2 is 1.56 bits per heavy atom. The second-order valence-corrected chi connectivity index (χ2v) is 9.32. The molecular weight excluding hydrogens is 448 g/mol. The molecule has 7 heteroatoms. The van der Waals surface area contributed by atoms with Crippen molar-refractivity contribution in [3.05, 3.63) is 87.9 Å². The summed E-state index contributed by atoms with van der Waals surface area (Å²) in [5.41, 5.74) is 10.9. The van der Waals surface area contributed by atoms with E-state index in [0.717, 1.165) is 61.2 Å². The number of fused-ring (bicyclic) bond motifs is 1. The first-order chi connectivity index (χ1) is 16.4. The van der Waals surface area contributed by atoms with Gasteiger partial charge in [0.25, 0.3) is 0 Å². The monoisotopic (exact) mass is 474 g/mol. The summed E-state index contributed by atoms with van der Waals surface area (Å²) in [6.45, 7) is 4.63. The Labute approximate surface area is 204 Å². The zero-order valence-corrected chi connectivity index (χ0v) is 19.9.